The molecule has 1 heterocycles. The molecule has 1 amide bonds. The lowest BCUT2D eigenvalue weighted by atomic mass is 9.96. The highest BCUT2D eigenvalue weighted by atomic mass is 127. The summed E-state index contributed by atoms with van der Waals surface area (Å²) in [5.41, 5.74) is 0.798. The number of likely N-dealkylation sites (N-methyl/N-ethyl adjacent to an activating group) is 1. The number of nitrogens with one attached hydrogen (secondary N) is 2. The van der Waals surface area contributed by atoms with E-state index in [1.807, 2.05) is 12.1 Å². The predicted octanol–water partition coefficient (Wildman–Crippen LogP) is 3.59. The van der Waals surface area contributed by atoms with Crippen molar-refractivity contribution in [2.45, 2.75) is 24.7 Å². The number of halogens is 3. The van der Waals surface area contributed by atoms with Crippen LogP contribution in [0.15, 0.2) is 46.0 Å². The third kappa shape index (κ3) is 6.60. The fourth-order valence-corrected chi connectivity index (χ4v) is 3.45. The van der Waals surface area contributed by atoms with Gasteiger partial charge in [-0.25, -0.2) is 9.38 Å². The van der Waals surface area contributed by atoms with Crippen LogP contribution in [0.1, 0.15) is 24.2 Å². The van der Waals surface area contributed by atoms with E-state index in [4.69, 9.17) is 16.0 Å². The third-order valence-corrected chi connectivity index (χ3v) is 5.38. The zero-order chi connectivity index (χ0) is 20.9. The lowest BCUT2D eigenvalue weighted by molar-refractivity contribution is -0.127. The maximum Gasteiger partial charge on any atom is 0.243 e. The first-order chi connectivity index (χ1) is 13.9. The van der Waals surface area contributed by atoms with Crippen LogP contribution in [0.3, 0.4) is 0 Å². The molecule has 9 heteroatoms. The summed E-state index contributed by atoms with van der Waals surface area (Å²) < 4.78 is 18.7. The number of rotatable bonds is 8. The van der Waals surface area contributed by atoms with E-state index in [1.54, 1.807) is 26.4 Å². The highest BCUT2D eigenvalue weighted by Gasteiger charge is 2.45. The number of nitrogens with zero attached hydrogens (tertiary/aromatic N) is 2. The lowest BCUT2D eigenvalue weighted by Gasteiger charge is -2.20. The van der Waals surface area contributed by atoms with E-state index in [1.165, 1.54) is 17.0 Å². The van der Waals surface area contributed by atoms with E-state index in [9.17, 15) is 9.18 Å². The van der Waals surface area contributed by atoms with Crippen molar-refractivity contribution in [2.24, 2.45) is 4.99 Å². The minimum Gasteiger partial charge on any atom is -0.469 e. The summed E-state index contributed by atoms with van der Waals surface area (Å²) in [6.45, 7) is 1.26. The number of guanidine groups is 1. The molecule has 0 spiro atoms. The average Bonchev–Trinajstić information content (AvgIpc) is 3.27. The molecule has 0 saturated heterocycles. The molecule has 1 saturated carbocycles. The van der Waals surface area contributed by atoms with Crippen LogP contribution in [0.5, 0.6) is 0 Å². The van der Waals surface area contributed by atoms with Gasteiger partial charge in [-0.3, -0.25) is 4.79 Å². The van der Waals surface area contributed by atoms with E-state index < -0.39 is 0 Å². The highest BCUT2D eigenvalue weighted by molar-refractivity contribution is 14.0. The van der Waals surface area contributed by atoms with Crippen molar-refractivity contribution in [3.63, 3.8) is 0 Å². The summed E-state index contributed by atoms with van der Waals surface area (Å²) in [5, 5.41) is 7.01. The first kappa shape index (κ1) is 24.5. The number of hydrogen-bond donors (Lipinski definition) is 2. The van der Waals surface area contributed by atoms with Crippen LogP contribution in [0.2, 0.25) is 5.02 Å². The molecular formula is C21H27ClFIN4O2. The Kier molecular flexibility index (Phi) is 8.96. The topological polar surface area (TPSA) is 69.9 Å². The lowest BCUT2D eigenvalue weighted by Crippen LogP contribution is -2.42. The van der Waals surface area contributed by atoms with Crippen LogP contribution in [-0.4, -0.2) is 50.5 Å². The molecule has 0 bridgehead atoms. The Bertz CT molecular complexity index is 870. The van der Waals surface area contributed by atoms with Gasteiger partial charge in [-0.15, -0.1) is 24.0 Å². The molecule has 30 heavy (non-hydrogen) atoms. The van der Waals surface area contributed by atoms with Crippen molar-refractivity contribution < 1.29 is 13.6 Å². The van der Waals surface area contributed by atoms with Gasteiger partial charge in [0.05, 0.1) is 6.26 Å². The molecule has 2 aromatic rings. The first-order valence-electron chi connectivity index (χ1n) is 9.60. The Morgan fingerprint density at radius 3 is 2.67 bits per heavy atom. The number of hydrogen-bond acceptors (Lipinski definition) is 3. The van der Waals surface area contributed by atoms with Crippen LogP contribution in [0, 0.1) is 5.82 Å². The minimum atomic E-state index is -0.341. The van der Waals surface area contributed by atoms with Gasteiger partial charge < -0.3 is 20.0 Å². The van der Waals surface area contributed by atoms with E-state index in [0.29, 0.717) is 30.5 Å². The van der Waals surface area contributed by atoms with Crippen LogP contribution >= 0.6 is 35.6 Å². The van der Waals surface area contributed by atoms with Crippen LogP contribution in [-0.2, 0) is 16.6 Å². The molecule has 0 aliphatic heterocycles. The number of furan rings is 1. The number of aliphatic imine (C=N–C) groups is 1. The molecule has 0 atom stereocenters. The zero-order valence-electron chi connectivity index (χ0n) is 17.1. The molecule has 0 radical (unpaired) electrons. The fraction of sp³-hybridized carbons (Fsp3) is 0.429. The monoisotopic (exact) mass is 548 g/mol. The van der Waals surface area contributed by atoms with Gasteiger partial charge in [-0.1, -0.05) is 17.7 Å². The van der Waals surface area contributed by atoms with E-state index in [2.05, 4.69) is 15.6 Å². The minimum absolute atomic E-state index is 0. The Balaban J connectivity index is 0.00000320. The van der Waals surface area contributed by atoms with E-state index in [0.717, 1.165) is 24.2 Å². The smallest absolute Gasteiger partial charge is 0.243 e. The van der Waals surface area contributed by atoms with Gasteiger partial charge in [0.25, 0.3) is 0 Å². The van der Waals surface area contributed by atoms with Crippen LogP contribution in [0.4, 0.5) is 4.39 Å². The van der Waals surface area contributed by atoms with E-state index in [-0.39, 0.29) is 47.7 Å². The summed E-state index contributed by atoms with van der Waals surface area (Å²) in [4.78, 5) is 17.8. The quantitative estimate of drug-likeness (QED) is 0.301. The number of carbonyl (C=O) groups is 1. The number of amides is 1. The van der Waals surface area contributed by atoms with Crippen molar-refractivity contribution in [3.05, 3.63) is 58.8 Å². The average molecular weight is 549 g/mol. The molecule has 0 unspecified atom stereocenters. The zero-order valence-corrected chi connectivity index (χ0v) is 20.2. The Hall–Kier alpha value is -1.81. The molecule has 1 aliphatic rings. The summed E-state index contributed by atoms with van der Waals surface area (Å²) >= 11 is 6.27. The van der Waals surface area contributed by atoms with Crippen LogP contribution < -0.4 is 10.6 Å². The highest BCUT2D eigenvalue weighted by Crippen LogP contribution is 2.50. The standard InChI is InChI=1S/C21H26ClFN4O2.HI/c1-27(2)19(28)13-25-20(24-10-7-16-4-3-11-29-16)26-14-21(8-9-21)17-6-5-15(23)12-18(17)22;/h3-6,11-12H,7-10,13-14H2,1-2H3,(H2,24,25,26);1H. The second-order valence-electron chi connectivity index (χ2n) is 7.47. The van der Waals surface area contributed by atoms with Gasteiger partial charge in [-0.05, 0) is 42.7 Å². The molecule has 1 aliphatic carbocycles. The summed E-state index contributed by atoms with van der Waals surface area (Å²) in [6, 6.07) is 8.30. The molecule has 2 N–H and O–H groups in total. The van der Waals surface area contributed by atoms with Gasteiger partial charge in [0, 0.05) is 44.0 Å². The third-order valence-electron chi connectivity index (χ3n) is 5.07. The van der Waals surface area contributed by atoms with E-state index >= 15 is 0 Å². The fourth-order valence-electron chi connectivity index (χ4n) is 3.09. The van der Waals surface area contributed by atoms with Gasteiger partial charge >= 0.3 is 0 Å². The molecule has 1 fully saturated rings. The maximum atomic E-state index is 13.4. The largest absolute Gasteiger partial charge is 0.469 e. The second-order valence-corrected chi connectivity index (χ2v) is 7.87. The molecule has 3 rings (SSSR count). The van der Waals surface area contributed by atoms with Crippen molar-refractivity contribution in [1.29, 1.82) is 0 Å². The summed E-state index contributed by atoms with van der Waals surface area (Å²) in [5.74, 6) is 1.00. The first-order valence-corrected chi connectivity index (χ1v) is 9.98. The van der Waals surface area contributed by atoms with Gasteiger partial charge in [0.15, 0.2) is 5.96 Å². The molecular weight excluding hydrogens is 522 g/mol. The Morgan fingerprint density at radius 1 is 1.30 bits per heavy atom. The summed E-state index contributed by atoms with van der Waals surface area (Å²) in [6.07, 6.45) is 4.26. The molecule has 1 aromatic carbocycles. The van der Waals surface area contributed by atoms with Crippen molar-refractivity contribution in [2.75, 3.05) is 33.7 Å². The van der Waals surface area contributed by atoms with Crippen molar-refractivity contribution in [3.8, 4) is 0 Å². The van der Waals surface area contributed by atoms with Gasteiger partial charge in [0.1, 0.15) is 18.1 Å². The number of carbonyl (C=O) groups excluding carboxylic acids is 1. The molecule has 1 aromatic heterocycles. The van der Waals surface area contributed by atoms with Gasteiger partial charge in [0.2, 0.25) is 5.91 Å². The SMILES string of the molecule is CN(C)C(=O)CN=C(NCCc1ccco1)NCC1(c2ccc(F)cc2Cl)CC1.I. The van der Waals surface area contributed by atoms with Crippen LogP contribution in [0.25, 0.3) is 0 Å². The Morgan fingerprint density at radius 2 is 2.07 bits per heavy atom. The maximum absolute atomic E-state index is 13.4. The molecule has 164 valence electrons. The number of benzene rings is 1. The Labute approximate surface area is 198 Å². The van der Waals surface area contributed by atoms with Crippen molar-refractivity contribution >= 4 is 47.4 Å². The van der Waals surface area contributed by atoms with Gasteiger partial charge in [-0.2, -0.15) is 0 Å². The second kappa shape index (κ2) is 11.0. The van der Waals surface area contributed by atoms with Crippen molar-refractivity contribution in [1.82, 2.24) is 15.5 Å². The summed E-state index contributed by atoms with van der Waals surface area (Å²) in [7, 11) is 3.40. The normalized spacial score (nSPS) is 14.6. The molecule has 6 nitrogen and oxygen atoms in total. The predicted molar refractivity (Wildman–Crippen MR) is 127 cm³/mol.